The molecule has 24 heavy (non-hydrogen) atoms. The average molecular weight is 327 g/mol. The number of benzene rings is 1. The average Bonchev–Trinajstić information content (AvgIpc) is 3.01. The van der Waals surface area contributed by atoms with Crippen molar-refractivity contribution in [1.29, 1.82) is 0 Å². The normalized spacial score (nSPS) is 17.5. The van der Waals surface area contributed by atoms with Crippen LogP contribution in [0, 0.1) is 34.6 Å². The second kappa shape index (κ2) is 5.96. The Labute approximate surface area is 143 Å². The fourth-order valence-corrected chi connectivity index (χ4v) is 3.49. The number of rotatable bonds is 3. The fourth-order valence-electron chi connectivity index (χ4n) is 3.49. The summed E-state index contributed by atoms with van der Waals surface area (Å²) in [7, 11) is 0. The Balaban J connectivity index is 2.06. The highest BCUT2D eigenvalue weighted by Gasteiger charge is 2.31. The largest absolute Gasteiger partial charge is 0.444 e. The second-order valence-corrected chi connectivity index (χ2v) is 6.62. The van der Waals surface area contributed by atoms with Crippen LogP contribution in [-0.4, -0.2) is 28.3 Å². The van der Waals surface area contributed by atoms with E-state index in [4.69, 9.17) is 4.74 Å². The summed E-state index contributed by atoms with van der Waals surface area (Å²) in [6.07, 6.45) is 0.572. The highest BCUT2D eigenvalue weighted by molar-refractivity contribution is 5.90. The minimum absolute atomic E-state index is 0.0152. The van der Waals surface area contributed by atoms with E-state index in [2.05, 4.69) is 42.5 Å². The molecule has 2 aromatic rings. The van der Waals surface area contributed by atoms with Gasteiger partial charge in [-0.3, -0.25) is 4.90 Å². The molecule has 0 saturated carbocycles. The third kappa shape index (κ3) is 2.58. The number of ether oxygens (including phenoxy) is 1. The molecule has 1 saturated heterocycles. The summed E-state index contributed by atoms with van der Waals surface area (Å²) in [5.74, 6) is 0.982. The van der Waals surface area contributed by atoms with Gasteiger partial charge in [-0.1, -0.05) is 6.92 Å². The van der Waals surface area contributed by atoms with Crippen LogP contribution in [0.25, 0.3) is 5.69 Å². The van der Waals surface area contributed by atoms with Crippen LogP contribution < -0.4 is 4.90 Å². The molecule has 0 unspecified atom stereocenters. The van der Waals surface area contributed by atoms with Crippen molar-refractivity contribution < 1.29 is 9.53 Å². The van der Waals surface area contributed by atoms with Gasteiger partial charge in [-0.15, -0.1) is 0 Å². The number of aromatic nitrogens is 2. The van der Waals surface area contributed by atoms with E-state index in [1.807, 2.05) is 20.8 Å². The minimum atomic E-state index is -0.251. The van der Waals surface area contributed by atoms with Crippen LogP contribution in [0.15, 0.2) is 12.1 Å². The van der Waals surface area contributed by atoms with E-state index in [9.17, 15) is 4.79 Å². The highest BCUT2D eigenvalue weighted by Crippen LogP contribution is 2.31. The van der Waals surface area contributed by atoms with Gasteiger partial charge in [0.05, 0.1) is 17.9 Å². The number of carbonyl (C=O) groups is 1. The maximum Gasteiger partial charge on any atom is 0.414 e. The lowest BCUT2D eigenvalue weighted by Gasteiger charge is -2.20. The third-order valence-electron chi connectivity index (χ3n) is 4.85. The van der Waals surface area contributed by atoms with Crippen LogP contribution >= 0.6 is 0 Å². The molecule has 1 aromatic heterocycles. The Bertz CT molecular complexity index is 784. The number of amides is 1. The molecular formula is C19H25N3O2. The molecule has 5 nitrogen and oxygen atoms in total. The van der Waals surface area contributed by atoms with Crippen molar-refractivity contribution in [3.63, 3.8) is 0 Å². The van der Waals surface area contributed by atoms with Crippen LogP contribution in [0.1, 0.15) is 41.7 Å². The lowest BCUT2D eigenvalue weighted by molar-refractivity contribution is 0.139. The van der Waals surface area contributed by atoms with Gasteiger partial charge in [0.1, 0.15) is 11.9 Å². The summed E-state index contributed by atoms with van der Waals surface area (Å²) in [4.78, 5) is 18.4. The third-order valence-corrected chi connectivity index (χ3v) is 4.85. The van der Waals surface area contributed by atoms with Gasteiger partial charge in [-0.2, -0.15) is 0 Å². The number of cyclic esters (lactones) is 1. The van der Waals surface area contributed by atoms with E-state index in [0.717, 1.165) is 46.1 Å². The van der Waals surface area contributed by atoms with Crippen molar-refractivity contribution in [3.8, 4) is 5.69 Å². The molecule has 1 aliphatic heterocycles. The molecule has 128 valence electrons. The van der Waals surface area contributed by atoms with Crippen molar-refractivity contribution in [2.75, 3.05) is 11.4 Å². The Morgan fingerprint density at radius 1 is 1.17 bits per heavy atom. The fraction of sp³-hybridized carbons (Fsp3) is 0.474. The molecule has 0 N–H and O–H groups in total. The van der Waals surface area contributed by atoms with E-state index in [0.29, 0.717) is 6.54 Å². The zero-order valence-electron chi connectivity index (χ0n) is 15.3. The molecule has 1 fully saturated rings. The monoisotopic (exact) mass is 327 g/mol. The summed E-state index contributed by atoms with van der Waals surface area (Å²) in [5.41, 5.74) is 6.50. The number of hydrogen-bond donors (Lipinski definition) is 0. The molecule has 2 heterocycles. The van der Waals surface area contributed by atoms with Crippen molar-refractivity contribution in [2.24, 2.45) is 0 Å². The number of aryl methyl sites for hydroxylation is 4. The first-order chi connectivity index (χ1) is 11.3. The lowest BCUT2D eigenvalue weighted by atomic mass is 10.1. The molecule has 3 rings (SSSR count). The summed E-state index contributed by atoms with van der Waals surface area (Å²) in [5, 5.41) is 0. The zero-order chi connectivity index (χ0) is 17.6. The quantitative estimate of drug-likeness (QED) is 0.851. The van der Waals surface area contributed by atoms with E-state index in [1.54, 1.807) is 4.90 Å². The van der Waals surface area contributed by atoms with Gasteiger partial charge in [0, 0.05) is 11.4 Å². The Hall–Kier alpha value is -2.30. The van der Waals surface area contributed by atoms with Crippen LogP contribution in [0.5, 0.6) is 0 Å². The standard InChI is InChI=1S/C19H25N3O2/c1-7-17-10-21(19(23)24-17)16-8-11(2)18(12(3)9-16)22-14(5)13(4)20-15(22)6/h8-9,17H,7,10H2,1-6H3/t17-/m0/s1. The number of hydrogen-bond acceptors (Lipinski definition) is 3. The summed E-state index contributed by atoms with van der Waals surface area (Å²) in [6, 6.07) is 4.13. The highest BCUT2D eigenvalue weighted by atomic mass is 16.6. The van der Waals surface area contributed by atoms with Gasteiger partial charge < -0.3 is 9.30 Å². The topological polar surface area (TPSA) is 47.4 Å². The van der Waals surface area contributed by atoms with Crippen LogP contribution in [0.4, 0.5) is 10.5 Å². The molecule has 5 heteroatoms. The van der Waals surface area contributed by atoms with E-state index in [-0.39, 0.29) is 12.2 Å². The molecule has 1 aromatic carbocycles. The molecule has 0 spiro atoms. The molecule has 0 aliphatic carbocycles. The van der Waals surface area contributed by atoms with Gasteiger partial charge in [0.25, 0.3) is 0 Å². The zero-order valence-corrected chi connectivity index (χ0v) is 15.3. The first-order valence-corrected chi connectivity index (χ1v) is 8.45. The Morgan fingerprint density at radius 2 is 1.79 bits per heavy atom. The van der Waals surface area contributed by atoms with E-state index >= 15 is 0 Å². The Kier molecular flexibility index (Phi) is 4.11. The summed E-state index contributed by atoms with van der Waals surface area (Å²) >= 11 is 0. The summed E-state index contributed by atoms with van der Waals surface area (Å²) in [6.45, 7) is 13.0. The first kappa shape index (κ1) is 16.6. The summed E-state index contributed by atoms with van der Waals surface area (Å²) < 4.78 is 7.58. The van der Waals surface area contributed by atoms with Gasteiger partial charge in [0.15, 0.2) is 0 Å². The molecule has 1 atom stereocenters. The molecular weight excluding hydrogens is 302 g/mol. The number of nitrogens with zero attached hydrogens (tertiary/aromatic N) is 3. The molecule has 0 radical (unpaired) electrons. The molecule has 1 amide bonds. The van der Waals surface area contributed by atoms with E-state index in [1.165, 1.54) is 0 Å². The maximum atomic E-state index is 12.1. The van der Waals surface area contributed by atoms with Crippen molar-refractivity contribution >= 4 is 11.8 Å². The van der Waals surface area contributed by atoms with Gasteiger partial charge in [-0.05, 0) is 64.3 Å². The minimum Gasteiger partial charge on any atom is -0.444 e. The lowest BCUT2D eigenvalue weighted by Crippen LogP contribution is -2.24. The number of anilines is 1. The molecule has 0 bridgehead atoms. The van der Waals surface area contributed by atoms with Crippen LogP contribution in [0.3, 0.4) is 0 Å². The van der Waals surface area contributed by atoms with Crippen molar-refractivity contribution in [1.82, 2.24) is 9.55 Å². The molecule has 1 aliphatic rings. The van der Waals surface area contributed by atoms with Crippen molar-refractivity contribution in [2.45, 2.75) is 54.1 Å². The SMILES string of the molecule is CC[C@H]1CN(c2cc(C)c(-n3c(C)nc(C)c3C)c(C)c2)C(=O)O1. The second-order valence-electron chi connectivity index (χ2n) is 6.62. The van der Waals surface area contributed by atoms with Crippen LogP contribution in [0.2, 0.25) is 0 Å². The van der Waals surface area contributed by atoms with Gasteiger partial charge in [-0.25, -0.2) is 9.78 Å². The number of carbonyl (C=O) groups excluding carboxylic acids is 1. The van der Waals surface area contributed by atoms with Gasteiger partial charge >= 0.3 is 6.09 Å². The Morgan fingerprint density at radius 3 is 2.25 bits per heavy atom. The van der Waals surface area contributed by atoms with Crippen molar-refractivity contribution in [3.05, 3.63) is 40.5 Å². The maximum absolute atomic E-state index is 12.1. The predicted octanol–water partition coefficient (Wildman–Crippen LogP) is 4.15. The predicted molar refractivity (Wildman–Crippen MR) is 95.2 cm³/mol. The smallest absolute Gasteiger partial charge is 0.414 e. The van der Waals surface area contributed by atoms with Gasteiger partial charge in [0.2, 0.25) is 0 Å². The van der Waals surface area contributed by atoms with E-state index < -0.39 is 0 Å². The van der Waals surface area contributed by atoms with Crippen LogP contribution in [-0.2, 0) is 4.74 Å². The first-order valence-electron chi connectivity index (χ1n) is 8.45. The number of imidazole rings is 1.